The summed E-state index contributed by atoms with van der Waals surface area (Å²) in [5, 5.41) is 0. The third kappa shape index (κ3) is 6.92. The lowest BCUT2D eigenvalue weighted by Crippen LogP contribution is -2.43. The third-order valence-electron chi connectivity index (χ3n) is 9.45. The van der Waals surface area contributed by atoms with Crippen molar-refractivity contribution in [3.8, 4) is 6.01 Å². The molecule has 5 rings (SSSR count). The fraction of sp³-hybridized carbons (Fsp3) is 0.606. The molecule has 252 valence electrons. The van der Waals surface area contributed by atoms with E-state index >= 15 is 4.39 Å². The number of hydrogen-bond acceptors (Lipinski definition) is 9. The molecule has 1 aromatic rings. The summed E-state index contributed by atoms with van der Waals surface area (Å²) in [4.78, 5) is 38.0. The number of halogens is 2. The van der Waals surface area contributed by atoms with Gasteiger partial charge in [0.05, 0.1) is 34.8 Å². The first-order valence-electron chi connectivity index (χ1n) is 16.1. The number of carbonyl (C=O) groups is 1. The minimum Gasteiger partial charge on any atom is -0.461 e. The number of nitrogens with two attached hydrogens (primary N) is 1. The third-order valence-corrected chi connectivity index (χ3v) is 10.4. The molecule has 4 aliphatic rings. The molecule has 1 amide bonds. The number of allylic oxidation sites excluding steroid dienone is 4. The van der Waals surface area contributed by atoms with Crippen LogP contribution in [0, 0.1) is 0 Å². The Balaban J connectivity index is 0.00000480. The summed E-state index contributed by atoms with van der Waals surface area (Å²) >= 11 is 3.85. The molecule has 0 bridgehead atoms. The molecule has 46 heavy (non-hydrogen) atoms. The van der Waals surface area contributed by atoms with Crippen molar-refractivity contribution in [1.82, 2.24) is 19.8 Å². The average Bonchev–Trinajstić information content (AvgIpc) is 3.52. The topological polar surface area (TPSA) is 113 Å². The van der Waals surface area contributed by atoms with Crippen LogP contribution in [0.2, 0.25) is 0 Å². The van der Waals surface area contributed by atoms with Gasteiger partial charge in [-0.2, -0.15) is 23.5 Å². The molecule has 2 fully saturated rings. The highest BCUT2D eigenvalue weighted by Gasteiger charge is 2.45. The van der Waals surface area contributed by atoms with Crippen molar-refractivity contribution in [3.05, 3.63) is 33.3 Å². The Bertz CT molecular complexity index is 1490. The van der Waals surface area contributed by atoms with Gasteiger partial charge in [-0.05, 0) is 93.9 Å². The second-order valence-corrected chi connectivity index (χ2v) is 13.5. The molecule has 2 N–H and O–H groups in total. The Morgan fingerprint density at radius 2 is 1.91 bits per heavy atom. The van der Waals surface area contributed by atoms with Crippen LogP contribution in [0.4, 0.5) is 10.2 Å². The molecule has 0 spiro atoms. The quantitative estimate of drug-likeness (QED) is 0.365. The van der Waals surface area contributed by atoms with Gasteiger partial charge in [0, 0.05) is 43.3 Å². The number of anilines is 1. The molecule has 10 nitrogen and oxygen atoms in total. The SMILES string of the molecule is C/C=C1\C(=NC(C)CC)C(Br)=C(C)c2nc(OCC34CCCN3CCC4)nc(N3CCCN=C(/C(F)=C(\N)C(=O)N(C)C)C3)c21.S. The van der Waals surface area contributed by atoms with Crippen molar-refractivity contribution in [1.29, 1.82) is 0 Å². The minimum absolute atomic E-state index is 0. The maximum atomic E-state index is 15.7. The van der Waals surface area contributed by atoms with E-state index in [0.29, 0.717) is 37.9 Å². The summed E-state index contributed by atoms with van der Waals surface area (Å²) in [6, 6.07) is 0.410. The van der Waals surface area contributed by atoms with Gasteiger partial charge < -0.3 is 20.3 Å². The highest BCUT2D eigenvalue weighted by Crippen LogP contribution is 2.44. The van der Waals surface area contributed by atoms with E-state index in [1.54, 1.807) is 14.1 Å². The fourth-order valence-corrected chi connectivity index (χ4v) is 7.24. The Morgan fingerprint density at radius 3 is 2.54 bits per heavy atom. The van der Waals surface area contributed by atoms with Crippen LogP contribution in [0.3, 0.4) is 0 Å². The number of ether oxygens (including phenoxy) is 1. The molecule has 2 saturated heterocycles. The van der Waals surface area contributed by atoms with Crippen LogP contribution in [-0.4, -0.2) is 102 Å². The van der Waals surface area contributed by atoms with Crippen LogP contribution in [0.25, 0.3) is 11.1 Å². The van der Waals surface area contributed by atoms with E-state index in [4.69, 9.17) is 25.4 Å². The Morgan fingerprint density at radius 1 is 1.22 bits per heavy atom. The van der Waals surface area contributed by atoms with Crippen molar-refractivity contribution in [2.45, 2.75) is 77.8 Å². The van der Waals surface area contributed by atoms with Crippen molar-refractivity contribution in [3.63, 3.8) is 0 Å². The molecule has 1 aromatic heterocycles. The van der Waals surface area contributed by atoms with E-state index < -0.39 is 17.4 Å². The normalized spacial score (nSPS) is 22.5. The Labute approximate surface area is 287 Å². The van der Waals surface area contributed by atoms with Gasteiger partial charge in [0.15, 0.2) is 5.83 Å². The number of amides is 1. The summed E-state index contributed by atoms with van der Waals surface area (Å²) in [5.74, 6) is -0.766. The largest absolute Gasteiger partial charge is 0.461 e. The van der Waals surface area contributed by atoms with Gasteiger partial charge in [-0.3, -0.25) is 19.7 Å². The molecule has 1 unspecified atom stereocenters. The molecular formula is C33H48BrFN8O2S. The Hall–Kier alpha value is -2.77. The fourth-order valence-electron chi connectivity index (χ4n) is 6.73. The van der Waals surface area contributed by atoms with E-state index in [9.17, 15) is 4.79 Å². The highest BCUT2D eigenvalue weighted by molar-refractivity contribution is 9.12. The van der Waals surface area contributed by atoms with Crippen LogP contribution < -0.4 is 15.4 Å². The lowest BCUT2D eigenvalue weighted by atomic mass is 9.89. The number of carbonyl (C=O) groups excluding carboxylic acids is 1. The van der Waals surface area contributed by atoms with Crippen LogP contribution in [0.1, 0.15) is 77.5 Å². The molecule has 4 heterocycles. The van der Waals surface area contributed by atoms with Gasteiger partial charge in [0.1, 0.15) is 18.1 Å². The number of hydrogen-bond donors (Lipinski definition) is 1. The molecule has 1 atom stereocenters. The van der Waals surface area contributed by atoms with Gasteiger partial charge in [0.2, 0.25) is 0 Å². The number of aliphatic imine (C=N–C) groups is 2. The second-order valence-electron chi connectivity index (χ2n) is 12.7. The first-order valence-corrected chi connectivity index (χ1v) is 16.9. The molecule has 1 aliphatic carbocycles. The van der Waals surface area contributed by atoms with E-state index in [2.05, 4.69) is 39.7 Å². The van der Waals surface area contributed by atoms with Crippen molar-refractivity contribution >= 4 is 63.7 Å². The summed E-state index contributed by atoms with van der Waals surface area (Å²) in [5.41, 5.74) is 9.96. The van der Waals surface area contributed by atoms with E-state index in [1.807, 2.05) is 24.8 Å². The van der Waals surface area contributed by atoms with Gasteiger partial charge in [-0.25, -0.2) is 4.39 Å². The molecule has 0 radical (unpaired) electrons. The summed E-state index contributed by atoms with van der Waals surface area (Å²) < 4.78 is 23.1. The van der Waals surface area contributed by atoms with Crippen LogP contribution in [-0.2, 0) is 4.79 Å². The monoisotopic (exact) mass is 718 g/mol. The summed E-state index contributed by atoms with van der Waals surface area (Å²) in [7, 11) is 3.08. The van der Waals surface area contributed by atoms with Gasteiger partial charge in [-0.15, -0.1) is 0 Å². The number of fused-ring (bicyclic) bond motifs is 2. The lowest BCUT2D eigenvalue weighted by molar-refractivity contribution is -0.124. The molecule has 13 heteroatoms. The zero-order valence-electron chi connectivity index (χ0n) is 27.9. The first-order chi connectivity index (χ1) is 21.5. The predicted octanol–water partition coefficient (Wildman–Crippen LogP) is 5.26. The maximum absolute atomic E-state index is 15.7. The van der Waals surface area contributed by atoms with Gasteiger partial charge in [0.25, 0.3) is 5.91 Å². The standard InChI is InChI=1S/C33H46BrFN8O2.H2S/c1-7-20(3)38-29-22(8-2)24-28(21(4)25(29)34)39-32(45-19-33-12-9-16-43(33)17-10-13-33)40-30(24)42-15-11-14-37-23(18-42)26(35)27(36)31(44)41(5)6;/h8,20H,7,9-19,36H2,1-6H3;1H2/b22-8-,27-26+,38-29?;. The van der Waals surface area contributed by atoms with E-state index in [1.165, 1.54) is 17.7 Å². The zero-order chi connectivity index (χ0) is 32.5. The predicted molar refractivity (Wildman–Crippen MR) is 193 cm³/mol. The van der Waals surface area contributed by atoms with Crippen molar-refractivity contribution in [2.75, 3.05) is 58.3 Å². The highest BCUT2D eigenvalue weighted by atomic mass is 79.9. The van der Waals surface area contributed by atoms with Crippen molar-refractivity contribution < 1.29 is 13.9 Å². The van der Waals surface area contributed by atoms with E-state index in [-0.39, 0.29) is 37.3 Å². The summed E-state index contributed by atoms with van der Waals surface area (Å²) in [6.07, 6.45) is 8.17. The van der Waals surface area contributed by atoms with Crippen LogP contribution >= 0.6 is 29.4 Å². The number of likely N-dealkylation sites (N-methyl/N-ethyl adjacent to an activating group) is 1. The van der Waals surface area contributed by atoms with Crippen molar-refractivity contribution in [2.24, 2.45) is 15.7 Å². The Kier molecular flexibility index (Phi) is 11.7. The smallest absolute Gasteiger partial charge is 0.319 e. The van der Waals surface area contributed by atoms with Gasteiger partial charge in [-0.1, -0.05) is 13.0 Å². The second kappa shape index (κ2) is 15.0. The average molecular weight is 720 g/mol. The maximum Gasteiger partial charge on any atom is 0.319 e. The first kappa shape index (κ1) is 36.1. The molecule has 3 aliphatic heterocycles. The van der Waals surface area contributed by atoms with E-state index in [0.717, 1.165) is 64.9 Å². The number of aromatic nitrogens is 2. The number of rotatable bonds is 8. The molecule has 0 aromatic carbocycles. The van der Waals surface area contributed by atoms with Crippen LogP contribution in [0.5, 0.6) is 6.01 Å². The van der Waals surface area contributed by atoms with Gasteiger partial charge >= 0.3 is 6.01 Å². The summed E-state index contributed by atoms with van der Waals surface area (Å²) in [6.45, 7) is 12.0. The zero-order valence-corrected chi connectivity index (χ0v) is 30.5. The number of nitrogens with zero attached hydrogens (tertiary/aromatic N) is 7. The van der Waals surface area contributed by atoms with Crippen LogP contribution in [0.15, 0.2) is 32.1 Å². The molecule has 0 saturated carbocycles. The molecular weight excluding hydrogens is 671 g/mol. The lowest BCUT2D eigenvalue weighted by Gasteiger charge is -2.33. The minimum atomic E-state index is -0.800.